The molecular formula is C6H7N5O2S. The van der Waals surface area contributed by atoms with Crippen LogP contribution in [0.1, 0.15) is 5.69 Å². The number of aromatic nitrogens is 4. The number of nitrogens with two attached hydrogens (primary N) is 1. The molecule has 0 aromatic carbocycles. The van der Waals surface area contributed by atoms with Crippen molar-refractivity contribution in [2.75, 3.05) is 0 Å². The summed E-state index contributed by atoms with van der Waals surface area (Å²) >= 11 is 0. The molecule has 0 aliphatic heterocycles. The SMILES string of the molecule is NS(=O)(=O)Cc1cn2cnnc2cn1. The molecule has 0 atom stereocenters. The van der Waals surface area contributed by atoms with Gasteiger partial charge >= 0.3 is 0 Å². The van der Waals surface area contributed by atoms with Crippen molar-refractivity contribution < 1.29 is 8.42 Å². The van der Waals surface area contributed by atoms with Gasteiger partial charge in [-0.05, 0) is 0 Å². The van der Waals surface area contributed by atoms with E-state index in [1.807, 2.05) is 0 Å². The van der Waals surface area contributed by atoms with Crippen molar-refractivity contribution in [3.63, 3.8) is 0 Å². The Balaban J connectivity index is 2.44. The summed E-state index contributed by atoms with van der Waals surface area (Å²) in [5, 5.41) is 12.2. The molecule has 2 aromatic heterocycles. The van der Waals surface area contributed by atoms with Gasteiger partial charge in [0.05, 0.1) is 11.9 Å². The van der Waals surface area contributed by atoms with Crippen LogP contribution in [-0.2, 0) is 15.8 Å². The topological polar surface area (TPSA) is 103 Å². The number of sulfonamides is 1. The van der Waals surface area contributed by atoms with Crippen LogP contribution in [0.25, 0.3) is 5.65 Å². The summed E-state index contributed by atoms with van der Waals surface area (Å²) < 4.78 is 23.1. The van der Waals surface area contributed by atoms with Crippen LogP contribution < -0.4 is 5.14 Å². The van der Waals surface area contributed by atoms with E-state index in [0.29, 0.717) is 11.3 Å². The van der Waals surface area contributed by atoms with Gasteiger partial charge in [-0.25, -0.2) is 13.6 Å². The van der Waals surface area contributed by atoms with Crippen molar-refractivity contribution in [2.24, 2.45) is 5.14 Å². The molecule has 14 heavy (non-hydrogen) atoms. The fourth-order valence-corrected chi connectivity index (χ4v) is 1.62. The van der Waals surface area contributed by atoms with E-state index < -0.39 is 10.0 Å². The van der Waals surface area contributed by atoms with Crippen molar-refractivity contribution in [1.29, 1.82) is 0 Å². The van der Waals surface area contributed by atoms with Crippen LogP contribution in [0.3, 0.4) is 0 Å². The molecule has 2 N–H and O–H groups in total. The Morgan fingerprint density at radius 3 is 3.00 bits per heavy atom. The number of hydrogen-bond acceptors (Lipinski definition) is 5. The summed E-state index contributed by atoms with van der Waals surface area (Å²) in [6.45, 7) is 0. The van der Waals surface area contributed by atoms with E-state index in [0.717, 1.165) is 0 Å². The lowest BCUT2D eigenvalue weighted by atomic mass is 10.5. The maximum Gasteiger partial charge on any atom is 0.214 e. The second-order valence-electron chi connectivity index (χ2n) is 2.78. The highest BCUT2D eigenvalue weighted by molar-refractivity contribution is 7.88. The molecule has 0 aliphatic carbocycles. The fourth-order valence-electron chi connectivity index (χ4n) is 1.06. The molecule has 0 amide bonds. The Bertz CT molecular complexity index is 560. The number of nitrogens with zero attached hydrogens (tertiary/aromatic N) is 4. The predicted octanol–water partition coefficient (Wildman–Crippen LogP) is -1.09. The highest BCUT2D eigenvalue weighted by atomic mass is 32.2. The van der Waals surface area contributed by atoms with Crippen LogP contribution in [0.4, 0.5) is 0 Å². The Morgan fingerprint density at radius 1 is 1.50 bits per heavy atom. The molecule has 0 fully saturated rings. The first-order chi connectivity index (χ1) is 6.54. The maximum atomic E-state index is 10.8. The molecule has 7 nitrogen and oxygen atoms in total. The summed E-state index contributed by atoms with van der Waals surface area (Å²) in [5.74, 6) is -0.291. The molecule has 2 rings (SSSR count). The highest BCUT2D eigenvalue weighted by Crippen LogP contribution is 2.01. The third-order valence-corrected chi connectivity index (χ3v) is 2.28. The van der Waals surface area contributed by atoms with Gasteiger partial charge in [0.1, 0.15) is 12.1 Å². The molecule has 2 aromatic rings. The van der Waals surface area contributed by atoms with Crippen molar-refractivity contribution in [3.8, 4) is 0 Å². The zero-order valence-corrected chi connectivity index (χ0v) is 7.85. The van der Waals surface area contributed by atoms with E-state index >= 15 is 0 Å². The standard InChI is InChI=1S/C6H7N5O2S/c7-14(12,13)3-5-2-11-4-9-10-6(11)1-8-5/h1-2,4H,3H2,(H2,7,12,13). The number of rotatable bonds is 2. The third kappa shape index (κ3) is 1.86. The molecule has 0 unspecified atom stereocenters. The lowest BCUT2D eigenvalue weighted by Gasteiger charge is -1.98. The monoisotopic (exact) mass is 213 g/mol. The van der Waals surface area contributed by atoms with E-state index in [1.54, 1.807) is 4.40 Å². The Labute approximate surface area is 79.6 Å². The van der Waals surface area contributed by atoms with Gasteiger partial charge < -0.3 is 0 Å². The molecule has 0 radical (unpaired) electrons. The number of fused-ring (bicyclic) bond motifs is 1. The average molecular weight is 213 g/mol. The molecule has 74 valence electrons. The first-order valence-electron chi connectivity index (χ1n) is 3.69. The van der Waals surface area contributed by atoms with E-state index in [4.69, 9.17) is 5.14 Å². The molecule has 0 aliphatic rings. The van der Waals surface area contributed by atoms with E-state index in [2.05, 4.69) is 15.2 Å². The first-order valence-corrected chi connectivity index (χ1v) is 5.41. The third-order valence-electron chi connectivity index (χ3n) is 1.58. The lowest BCUT2D eigenvalue weighted by molar-refractivity contribution is 0.596. The van der Waals surface area contributed by atoms with Gasteiger partial charge in [-0.2, -0.15) is 0 Å². The quantitative estimate of drug-likeness (QED) is 0.682. The minimum atomic E-state index is -3.55. The second kappa shape index (κ2) is 3.00. The smallest absolute Gasteiger partial charge is 0.214 e. The van der Waals surface area contributed by atoms with E-state index in [-0.39, 0.29) is 5.75 Å². The molecular weight excluding hydrogens is 206 g/mol. The molecule has 0 bridgehead atoms. The normalized spacial score (nSPS) is 12.1. The Morgan fingerprint density at radius 2 is 2.29 bits per heavy atom. The maximum absolute atomic E-state index is 10.8. The predicted molar refractivity (Wildman–Crippen MR) is 47.6 cm³/mol. The van der Waals surface area contributed by atoms with Gasteiger partial charge in [0.15, 0.2) is 5.65 Å². The van der Waals surface area contributed by atoms with Crippen molar-refractivity contribution in [2.45, 2.75) is 5.75 Å². The minimum Gasteiger partial charge on any atom is -0.286 e. The zero-order valence-electron chi connectivity index (χ0n) is 7.03. The summed E-state index contributed by atoms with van der Waals surface area (Å²) in [6.07, 6.45) is 4.43. The van der Waals surface area contributed by atoms with Gasteiger partial charge in [-0.15, -0.1) is 10.2 Å². The van der Waals surface area contributed by atoms with Gasteiger partial charge in [-0.1, -0.05) is 0 Å². The van der Waals surface area contributed by atoms with Crippen LogP contribution in [0, 0.1) is 0 Å². The first kappa shape index (κ1) is 9.03. The van der Waals surface area contributed by atoms with Gasteiger partial charge in [-0.3, -0.25) is 9.38 Å². The van der Waals surface area contributed by atoms with Crippen LogP contribution in [-0.4, -0.2) is 28.0 Å². The summed E-state index contributed by atoms with van der Waals surface area (Å²) in [5.41, 5.74) is 0.919. The average Bonchev–Trinajstić information content (AvgIpc) is 2.47. The largest absolute Gasteiger partial charge is 0.286 e. The van der Waals surface area contributed by atoms with Crippen LogP contribution in [0.5, 0.6) is 0 Å². The molecule has 8 heteroatoms. The van der Waals surface area contributed by atoms with Crippen LogP contribution in [0.15, 0.2) is 18.7 Å². The number of hydrogen-bond donors (Lipinski definition) is 1. The van der Waals surface area contributed by atoms with Gasteiger partial charge in [0.25, 0.3) is 0 Å². The second-order valence-corrected chi connectivity index (χ2v) is 4.40. The molecule has 0 spiro atoms. The van der Waals surface area contributed by atoms with Gasteiger partial charge in [0.2, 0.25) is 10.0 Å². The zero-order chi connectivity index (χ0) is 10.2. The van der Waals surface area contributed by atoms with Crippen molar-refractivity contribution in [1.82, 2.24) is 19.6 Å². The van der Waals surface area contributed by atoms with Gasteiger partial charge in [0, 0.05) is 6.20 Å². The number of primary sulfonamides is 1. The van der Waals surface area contributed by atoms with Crippen LogP contribution >= 0.6 is 0 Å². The minimum absolute atomic E-state index is 0.291. The van der Waals surface area contributed by atoms with Crippen LogP contribution in [0.2, 0.25) is 0 Å². The lowest BCUT2D eigenvalue weighted by Crippen LogP contribution is -2.15. The Hall–Kier alpha value is -1.54. The Kier molecular flexibility index (Phi) is 1.93. The highest BCUT2D eigenvalue weighted by Gasteiger charge is 2.07. The van der Waals surface area contributed by atoms with E-state index in [9.17, 15) is 8.42 Å². The fraction of sp³-hybridized carbons (Fsp3) is 0.167. The van der Waals surface area contributed by atoms with Crippen molar-refractivity contribution >= 4 is 15.7 Å². The molecule has 0 saturated carbocycles. The summed E-state index contributed by atoms with van der Waals surface area (Å²) in [4.78, 5) is 3.88. The van der Waals surface area contributed by atoms with Crippen molar-refractivity contribution in [3.05, 3.63) is 24.4 Å². The molecule has 0 saturated heterocycles. The summed E-state index contributed by atoms with van der Waals surface area (Å²) in [7, 11) is -3.55. The molecule has 2 heterocycles. The summed E-state index contributed by atoms with van der Waals surface area (Å²) in [6, 6.07) is 0. The van der Waals surface area contributed by atoms with E-state index in [1.165, 1.54) is 18.7 Å².